The van der Waals surface area contributed by atoms with Crippen LogP contribution < -0.4 is 0 Å². The van der Waals surface area contributed by atoms with E-state index in [0.29, 0.717) is 42.6 Å². The molecule has 1 saturated heterocycles. The highest BCUT2D eigenvalue weighted by atomic mass is 35.5. The highest BCUT2D eigenvalue weighted by Gasteiger charge is 2.34. The quantitative estimate of drug-likeness (QED) is 0.499. The molecule has 0 radical (unpaired) electrons. The van der Waals surface area contributed by atoms with Gasteiger partial charge in [0.05, 0.1) is 24.6 Å². The van der Waals surface area contributed by atoms with Crippen LogP contribution in [0.15, 0.2) is 54.9 Å². The summed E-state index contributed by atoms with van der Waals surface area (Å²) in [7, 11) is 1.39. The van der Waals surface area contributed by atoms with E-state index in [0.717, 1.165) is 11.3 Å². The van der Waals surface area contributed by atoms with Gasteiger partial charge in [-0.3, -0.25) is 9.69 Å². The van der Waals surface area contributed by atoms with Crippen LogP contribution in [0.4, 0.5) is 0 Å². The molecule has 34 heavy (non-hydrogen) atoms. The standard InChI is InChI=1S/C25H28ClN5O3/c1-17(2)22-20(16-28-31(22)21-6-4-5-11-27-21)24(32)30-14-12-29(13-15-30)23(25(33)34-3)18-7-9-19(26)10-8-18/h4-11,16-17,23H,12-15H2,1-3H3. The van der Waals surface area contributed by atoms with Gasteiger partial charge in [-0.05, 0) is 35.7 Å². The van der Waals surface area contributed by atoms with Gasteiger partial charge in [-0.2, -0.15) is 5.10 Å². The molecule has 0 bridgehead atoms. The monoisotopic (exact) mass is 481 g/mol. The van der Waals surface area contributed by atoms with Gasteiger partial charge in [0.25, 0.3) is 5.91 Å². The average Bonchev–Trinajstić information content (AvgIpc) is 3.31. The Labute approximate surface area is 204 Å². The van der Waals surface area contributed by atoms with E-state index in [1.807, 2.05) is 54.0 Å². The largest absolute Gasteiger partial charge is 0.468 e. The predicted molar refractivity (Wildman–Crippen MR) is 129 cm³/mol. The number of nitrogens with zero attached hydrogens (tertiary/aromatic N) is 5. The van der Waals surface area contributed by atoms with Gasteiger partial charge in [-0.1, -0.05) is 43.6 Å². The number of pyridine rings is 1. The minimum Gasteiger partial charge on any atom is -0.468 e. The molecule has 1 atom stereocenters. The van der Waals surface area contributed by atoms with Crippen molar-refractivity contribution in [1.29, 1.82) is 0 Å². The van der Waals surface area contributed by atoms with E-state index in [-0.39, 0.29) is 17.8 Å². The molecule has 1 amide bonds. The first-order valence-electron chi connectivity index (χ1n) is 11.3. The summed E-state index contributed by atoms with van der Waals surface area (Å²) in [6.45, 7) is 6.15. The maximum absolute atomic E-state index is 13.5. The average molecular weight is 482 g/mol. The van der Waals surface area contributed by atoms with Crippen molar-refractivity contribution in [2.24, 2.45) is 0 Å². The number of hydrogen-bond acceptors (Lipinski definition) is 6. The van der Waals surface area contributed by atoms with E-state index in [4.69, 9.17) is 16.3 Å². The Morgan fingerprint density at radius 2 is 1.74 bits per heavy atom. The van der Waals surface area contributed by atoms with Gasteiger partial charge in [-0.25, -0.2) is 14.5 Å². The van der Waals surface area contributed by atoms with E-state index in [9.17, 15) is 9.59 Å². The van der Waals surface area contributed by atoms with Crippen molar-refractivity contribution in [1.82, 2.24) is 24.6 Å². The highest BCUT2D eigenvalue weighted by Crippen LogP contribution is 2.27. The molecule has 3 heterocycles. The summed E-state index contributed by atoms with van der Waals surface area (Å²) in [5.41, 5.74) is 2.23. The molecule has 1 unspecified atom stereocenters. The SMILES string of the molecule is COC(=O)C(c1ccc(Cl)cc1)N1CCN(C(=O)c2cnn(-c3ccccn3)c2C(C)C)CC1. The summed E-state index contributed by atoms with van der Waals surface area (Å²) in [6.07, 6.45) is 3.34. The Bertz CT molecular complexity index is 1140. The van der Waals surface area contributed by atoms with E-state index in [1.165, 1.54) is 7.11 Å². The predicted octanol–water partition coefficient (Wildman–Crippen LogP) is 3.72. The van der Waals surface area contributed by atoms with E-state index < -0.39 is 6.04 Å². The second kappa shape index (κ2) is 10.4. The van der Waals surface area contributed by atoms with Gasteiger partial charge < -0.3 is 9.64 Å². The van der Waals surface area contributed by atoms with Gasteiger partial charge >= 0.3 is 5.97 Å². The smallest absolute Gasteiger partial charge is 0.327 e. The topological polar surface area (TPSA) is 80.6 Å². The summed E-state index contributed by atoms with van der Waals surface area (Å²) in [5.74, 6) is 0.366. The second-order valence-electron chi connectivity index (χ2n) is 8.50. The van der Waals surface area contributed by atoms with Gasteiger partial charge in [0.15, 0.2) is 5.82 Å². The highest BCUT2D eigenvalue weighted by molar-refractivity contribution is 6.30. The van der Waals surface area contributed by atoms with E-state index in [2.05, 4.69) is 10.1 Å². The lowest BCUT2D eigenvalue weighted by molar-refractivity contribution is -0.148. The van der Waals surface area contributed by atoms with Gasteiger partial charge in [0, 0.05) is 37.4 Å². The molecule has 9 heteroatoms. The van der Waals surface area contributed by atoms with Gasteiger partial charge in [0.1, 0.15) is 6.04 Å². The Morgan fingerprint density at radius 3 is 2.32 bits per heavy atom. The maximum Gasteiger partial charge on any atom is 0.327 e. The van der Waals surface area contributed by atoms with Crippen molar-refractivity contribution >= 4 is 23.5 Å². The Hall–Kier alpha value is -3.23. The Kier molecular flexibility index (Phi) is 7.29. The zero-order valence-electron chi connectivity index (χ0n) is 19.5. The van der Waals surface area contributed by atoms with Gasteiger partial charge in [-0.15, -0.1) is 0 Å². The first-order chi connectivity index (χ1) is 16.4. The van der Waals surface area contributed by atoms with Crippen LogP contribution >= 0.6 is 11.6 Å². The molecule has 0 aliphatic carbocycles. The van der Waals surface area contributed by atoms with Crippen LogP contribution in [0.5, 0.6) is 0 Å². The fourth-order valence-corrected chi connectivity index (χ4v) is 4.47. The molecule has 1 aromatic carbocycles. The fourth-order valence-electron chi connectivity index (χ4n) is 4.35. The Balaban J connectivity index is 1.52. The van der Waals surface area contributed by atoms with Crippen LogP contribution in [0.1, 0.15) is 47.4 Å². The number of esters is 1. The molecule has 0 spiro atoms. The molecular weight excluding hydrogens is 454 g/mol. The number of carbonyl (C=O) groups excluding carboxylic acids is 2. The first kappa shape index (κ1) is 23.9. The van der Waals surface area contributed by atoms with Crippen LogP contribution in [-0.4, -0.2) is 69.7 Å². The molecule has 178 valence electrons. The van der Waals surface area contributed by atoms with Crippen LogP contribution in [0.2, 0.25) is 5.02 Å². The summed E-state index contributed by atoms with van der Waals surface area (Å²) >= 11 is 6.02. The number of carbonyl (C=O) groups is 2. The normalized spacial score (nSPS) is 15.4. The number of hydrogen-bond donors (Lipinski definition) is 0. The minimum absolute atomic E-state index is 0.0633. The van der Waals surface area contributed by atoms with Crippen molar-refractivity contribution in [3.8, 4) is 5.82 Å². The molecule has 4 rings (SSSR count). The van der Waals surface area contributed by atoms with Crippen LogP contribution in [0, 0.1) is 0 Å². The van der Waals surface area contributed by atoms with Gasteiger partial charge in [0.2, 0.25) is 0 Å². The molecule has 1 aliphatic heterocycles. The van der Waals surface area contributed by atoms with Crippen molar-refractivity contribution < 1.29 is 14.3 Å². The summed E-state index contributed by atoms with van der Waals surface area (Å²) in [4.78, 5) is 34.3. The third kappa shape index (κ3) is 4.83. The van der Waals surface area contributed by atoms with Crippen LogP contribution in [0.3, 0.4) is 0 Å². The second-order valence-corrected chi connectivity index (χ2v) is 8.94. The minimum atomic E-state index is -0.544. The molecule has 2 aromatic heterocycles. The number of methoxy groups -OCH3 is 1. The zero-order valence-corrected chi connectivity index (χ0v) is 20.3. The third-order valence-electron chi connectivity index (χ3n) is 6.03. The number of aromatic nitrogens is 3. The molecule has 1 aliphatic rings. The number of amides is 1. The molecule has 1 fully saturated rings. The third-order valence-corrected chi connectivity index (χ3v) is 6.28. The summed E-state index contributed by atoms with van der Waals surface area (Å²) < 4.78 is 6.81. The number of rotatable bonds is 6. The molecule has 0 N–H and O–H groups in total. The number of piperazine rings is 1. The number of halogens is 1. The van der Waals surface area contributed by atoms with Crippen LogP contribution in [0.25, 0.3) is 5.82 Å². The Morgan fingerprint density at radius 1 is 1.03 bits per heavy atom. The van der Waals surface area contributed by atoms with E-state index in [1.54, 1.807) is 29.2 Å². The lowest BCUT2D eigenvalue weighted by atomic mass is 10.0. The summed E-state index contributed by atoms with van der Waals surface area (Å²) in [6, 6.07) is 12.3. The van der Waals surface area contributed by atoms with E-state index >= 15 is 0 Å². The van der Waals surface area contributed by atoms with Crippen molar-refractivity contribution in [2.75, 3.05) is 33.3 Å². The van der Waals surface area contributed by atoms with Crippen LogP contribution in [-0.2, 0) is 9.53 Å². The molecular formula is C25H28ClN5O3. The lowest BCUT2D eigenvalue weighted by Gasteiger charge is -2.38. The van der Waals surface area contributed by atoms with Crippen molar-refractivity contribution in [2.45, 2.75) is 25.8 Å². The first-order valence-corrected chi connectivity index (χ1v) is 11.6. The molecule has 3 aromatic rings. The number of ether oxygens (including phenoxy) is 1. The lowest BCUT2D eigenvalue weighted by Crippen LogP contribution is -2.51. The maximum atomic E-state index is 13.5. The summed E-state index contributed by atoms with van der Waals surface area (Å²) in [5, 5.41) is 5.08. The van der Waals surface area contributed by atoms with Crippen molar-refractivity contribution in [3.63, 3.8) is 0 Å². The zero-order chi connectivity index (χ0) is 24.2. The fraction of sp³-hybridized carbons (Fsp3) is 0.360. The number of benzene rings is 1. The molecule has 0 saturated carbocycles. The van der Waals surface area contributed by atoms with Crippen molar-refractivity contribution in [3.05, 3.63) is 76.7 Å². The molecule has 8 nitrogen and oxygen atoms in total.